The summed E-state index contributed by atoms with van der Waals surface area (Å²) in [6, 6.07) is 5.84. The molecule has 4 aliphatic carbocycles. The average Bonchev–Trinajstić information content (AvgIpc) is 3.14. The van der Waals surface area contributed by atoms with Gasteiger partial charge in [0.25, 0.3) is 5.91 Å². The van der Waals surface area contributed by atoms with E-state index in [1.807, 2.05) is 0 Å². The van der Waals surface area contributed by atoms with Gasteiger partial charge < -0.3 is 20.1 Å². The van der Waals surface area contributed by atoms with Crippen molar-refractivity contribution in [2.45, 2.75) is 70.1 Å². The second-order valence-corrected chi connectivity index (χ2v) is 11.1. The number of halogens is 1. The summed E-state index contributed by atoms with van der Waals surface area (Å²) in [6.07, 6.45) is 4.67. The van der Waals surface area contributed by atoms with Gasteiger partial charge in [-0.1, -0.05) is 17.7 Å². The highest BCUT2D eigenvalue weighted by atomic mass is 35.5. The normalized spacial score (nSPS) is 35.4. The van der Waals surface area contributed by atoms with E-state index in [1.165, 1.54) is 26.2 Å². The van der Waals surface area contributed by atoms with Gasteiger partial charge in [-0.2, -0.15) is 0 Å². The van der Waals surface area contributed by atoms with Gasteiger partial charge in [-0.05, 0) is 81.4 Å². The van der Waals surface area contributed by atoms with Crippen LogP contribution in [0, 0.1) is 23.2 Å². The first kappa shape index (κ1) is 22.7. The molecule has 1 aromatic carbocycles. The van der Waals surface area contributed by atoms with Crippen molar-refractivity contribution < 1.29 is 24.2 Å². The zero-order chi connectivity index (χ0) is 23.3. The number of aliphatic hydroxyl groups excluding tert-OH is 1. The second-order valence-electron chi connectivity index (χ2n) is 10.6. The number of aliphatic hydroxyl groups is 1. The molecule has 3 atom stereocenters. The van der Waals surface area contributed by atoms with Crippen LogP contribution in [-0.4, -0.2) is 52.6 Å². The van der Waals surface area contributed by atoms with Crippen LogP contribution in [0.2, 0.25) is 5.02 Å². The molecular weight excluding hydrogens is 444 g/mol. The summed E-state index contributed by atoms with van der Waals surface area (Å²) < 4.78 is 5.46. The first-order chi connectivity index (χ1) is 15.7. The van der Waals surface area contributed by atoms with E-state index in [1.54, 1.807) is 29.2 Å². The number of rotatable bonds is 5. The number of amides is 2. The number of ether oxygens (including phenoxy) is 1. The number of β-amino-alcohol motifs (C(OH)–C–C–N with tert-alkyl or cyclic N) is 1. The van der Waals surface area contributed by atoms with Gasteiger partial charge in [-0.25, -0.2) is 4.79 Å². The van der Waals surface area contributed by atoms with E-state index in [-0.39, 0.29) is 18.9 Å². The standard InChI is InChI=1S/C25H31ClN2O5/c1-14(22(30)27-19-4-2-3-18(26)8-19)33-23(31)21-9-20(29)13-28(21)24(32)25-10-15-5-16(11-25)7-17(6-15)12-25/h2-4,8,14-17,20-21,29H,5-7,9-13H2,1H3,(H,27,30)/t14?,15?,16?,17?,20?,21-,25?/m0/s1. The fourth-order valence-corrected chi connectivity index (χ4v) is 7.25. The van der Waals surface area contributed by atoms with Gasteiger partial charge in [0.1, 0.15) is 6.04 Å². The number of carbonyl (C=O) groups excluding carboxylic acids is 3. The van der Waals surface area contributed by atoms with Gasteiger partial charge in [-0.15, -0.1) is 0 Å². The molecule has 7 nitrogen and oxygen atoms in total. The molecule has 2 unspecified atom stereocenters. The molecule has 5 aliphatic rings. The van der Waals surface area contributed by atoms with Crippen LogP contribution in [0.4, 0.5) is 5.69 Å². The third-order valence-electron chi connectivity index (χ3n) is 8.06. The van der Waals surface area contributed by atoms with Gasteiger partial charge in [0.15, 0.2) is 6.10 Å². The molecule has 0 radical (unpaired) electrons. The minimum absolute atomic E-state index is 0.00358. The highest BCUT2D eigenvalue weighted by Gasteiger charge is 2.57. The zero-order valence-electron chi connectivity index (χ0n) is 18.8. The molecule has 0 aromatic heterocycles. The van der Waals surface area contributed by atoms with Crippen molar-refractivity contribution >= 4 is 35.1 Å². The summed E-state index contributed by atoms with van der Waals surface area (Å²) >= 11 is 5.95. The quantitative estimate of drug-likeness (QED) is 0.638. The first-order valence-electron chi connectivity index (χ1n) is 12.0. The van der Waals surface area contributed by atoms with Crippen molar-refractivity contribution in [1.82, 2.24) is 4.90 Å². The maximum Gasteiger partial charge on any atom is 0.329 e. The Labute approximate surface area is 198 Å². The molecule has 6 rings (SSSR count). The number of likely N-dealkylation sites (tertiary alicyclic amines) is 1. The Bertz CT molecular complexity index is 931. The molecule has 0 spiro atoms. The molecule has 33 heavy (non-hydrogen) atoms. The minimum atomic E-state index is -1.05. The second kappa shape index (κ2) is 8.58. The lowest BCUT2D eigenvalue weighted by molar-refractivity contribution is -0.168. The Morgan fingerprint density at radius 3 is 2.36 bits per heavy atom. The van der Waals surface area contributed by atoms with E-state index < -0.39 is 35.5 Å². The Kier molecular flexibility index (Phi) is 5.90. The fraction of sp³-hybridized carbons (Fsp3) is 0.640. The van der Waals surface area contributed by atoms with Crippen molar-refractivity contribution in [3.8, 4) is 0 Å². The fourth-order valence-electron chi connectivity index (χ4n) is 7.06. The van der Waals surface area contributed by atoms with Crippen molar-refractivity contribution in [3.05, 3.63) is 29.3 Å². The van der Waals surface area contributed by atoms with E-state index in [2.05, 4.69) is 5.32 Å². The van der Waals surface area contributed by atoms with E-state index in [4.69, 9.17) is 16.3 Å². The number of carbonyl (C=O) groups is 3. The van der Waals surface area contributed by atoms with Crippen molar-refractivity contribution in [1.29, 1.82) is 0 Å². The predicted octanol–water partition coefficient (Wildman–Crippen LogP) is 3.39. The Balaban J connectivity index is 1.25. The Morgan fingerprint density at radius 2 is 1.76 bits per heavy atom. The van der Waals surface area contributed by atoms with Gasteiger partial charge in [0.2, 0.25) is 5.91 Å². The summed E-state index contributed by atoms with van der Waals surface area (Å²) in [4.78, 5) is 40.9. The van der Waals surface area contributed by atoms with Crippen LogP contribution in [0.1, 0.15) is 51.9 Å². The lowest BCUT2D eigenvalue weighted by Gasteiger charge is -2.56. The SMILES string of the molecule is CC(OC(=O)[C@@H]1CC(O)CN1C(=O)C12CC3CC(CC(C3)C1)C2)C(=O)Nc1cccc(Cl)c1. The van der Waals surface area contributed by atoms with Gasteiger partial charge >= 0.3 is 5.97 Å². The first-order valence-corrected chi connectivity index (χ1v) is 12.4. The van der Waals surface area contributed by atoms with Crippen LogP contribution in [0.5, 0.6) is 0 Å². The molecule has 1 saturated heterocycles. The molecule has 2 amide bonds. The van der Waals surface area contributed by atoms with Crippen LogP contribution in [0.25, 0.3) is 0 Å². The monoisotopic (exact) mass is 474 g/mol. The molecule has 1 aliphatic heterocycles. The Hall–Kier alpha value is -2.12. The summed E-state index contributed by atoms with van der Waals surface area (Å²) in [7, 11) is 0. The highest BCUT2D eigenvalue weighted by Crippen LogP contribution is 2.60. The van der Waals surface area contributed by atoms with Gasteiger partial charge in [0.05, 0.1) is 11.5 Å². The summed E-state index contributed by atoms with van der Waals surface area (Å²) in [5.74, 6) is 0.688. The molecule has 8 heteroatoms. The summed E-state index contributed by atoms with van der Waals surface area (Å²) in [5, 5.41) is 13.5. The van der Waals surface area contributed by atoms with E-state index in [0.717, 1.165) is 19.3 Å². The molecule has 178 valence electrons. The van der Waals surface area contributed by atoms with Gasteiger partial charge in [-0.3, -0.25) is 9.59 Å². The summed E-state index contributed by atoms with van der Waals surface area (Å²) in [6.45, 7) is 1.64. The number of nitrogens with one attached hydrogen (secondary N) is 1. The average molecular weight is 475 g/mol. The maximum atomic E-state index is 13.8. The molecule has 5 fully saturated rings. The van der Waals surface area contributed by atoms with E-state index >= 15 is 0 Å². The highest BCUT2D eigenvalue weighted by molar-refractivity contribution is 6.30. The van der Waals surface area contributed by atoms with Crippen LogP contribution >= 0.6 is 11.6 Å². The molecular formula is C25H31ClN2O5. The van der Waals surface area contributed by atoms with Crippen molar-refractivity contribution in [2.24, 2.45) is 23.2 Å². The third-order valence-corrected chi connectivity index (χ3v) is 8.29. The lowest BCUT2D eigenvalue weighted by atomic mass is 9.49. The van der Waals surface area contributed by atoms with Crippen LogP contribution < -0.4 is 5.32 Å². The third kappa shape index (κ3) is 4.37. The van der Waals surface area contributed by atoms with E-state index in [9.17, 15) is 19.5 Å². The van der Waals surface area contributed by atoms with Gasteiger partial charge in [0, 0.05) is 23.7 Å². The number of esters is 1. The van der Waals surface area contributed by atoms with E-state index in [0.29, 0.717) is 28.5 Å². The largest absolute Gasteiger partial charge is 0.451 e. The van der Waals surface area contributed by atoms with Crippen molar-refractivity contribution in [2.75, 3.05) is 11.9 Å². The number of benzene rings is 1. The lowest BCUT2D eigenvalue weighted by Crippen LogP contribution is -2.56. The predicted molar refractivity (Wildman–Crippen MR) is 122 cm³/mol. The molecule has 1 heterocycles. The summed E-state index contributed by atoms with van der Waals surface area (Å²) in [5.41, 5.74) is 0.109. The van der Waals surface area contributed by atoms with Crippen LogP contribution in [0.3, 0.4) is 0 Å². The molecule has 1 aromatic rings. The number of nitrogens with zero attached hydrogens (tertiary/aromatic N) is 1. The topological polar surface area (TPSA) is 95.9 Å². The van der Waals surface area contributed by atoms with Crippen molar-refractivity contribution in [3.63, 3.8) is 0 Å². The van der Waals surface area contributed by atoms with Crippen LogP contribution in [0.15, 0.2) is 24.3 Å². The zero-order valence-corrected chi connectivity index (χ0v) is 19.6. The maximum absolute atomic E-state index is 13.8. The molecule has 4 bridgehead atoms. The number of hydrogen-bond donors (Lipinski definition) is 2. The van der Waals surface area contributed by atoms with Crippen LogP contribution in [-0.2, 0) is 19.1 Å². The smallest absolute Gasteiger partial charge is 0.329 e. The Morgan fingerprint density at radius 1 is 1.12 bits per heavy atom. The number of hydrogen-bond acceptors (Lipinski definition) is 5. The molecule has 2 N–H and O–H groups in total. The minimum Gasteiger partial charge on any atom is -0.451 e. The molecule has 4 saturated carbocycles. The number of anilines is 1.